The van der Waals surface area contributed by atoms with E-state index in [1.165, 1.54) is 32.5 Å². The van der Waals surface area contributed by atoms with Crippen molar-refractivity contribution in [2.45, 2.75) is 25.8 Å². The summed E-state index contributed by atoms with van der Waals surface area (Å²) in [4.78, 5) is 2.52. The van der Waals surface area contributed by atoms with E-state index in [1.54, 1.807) is 6.33 Å². The normalized spacial score (nSPS) is 17.7. The topological polar surface area (TPSA) is 36.9 Å². The summed E-state index contributed by atoms with van der Waals surface area (Å²) in [6, 6.07) is 0. The Balaban J connectivity index is 1.72. The minimum Gasteiger partial charge on any atom is -0.307 e. The summed E-state index contributed by atoms with van der Waals surface area (Å²) in [7, 11) is 0. The molecule has 5 heteroatoms. The summed E-state index contributed by atoms with van der Waals surface area (Å²) < 4.78 is 2.72. The van der Waals surface area contributed by atoms with Crippen LogP contribution in [0, 0.1) is 4.77 Å². The van der Waals surface area contributed by atoms with Crippen LogP contribution in [0.2, 0.25) is 0 Å². The molecule has 2 heterocycles. The number of aromatic nitrogens is 3. The molecular formula is C9H16N4S. The third-order valence-corrected chi connectivity index (χ3v) is 3.02. The predicted octanol–water partition coefficient (Wildman–Crippen LogP) is 1.43. The van der Waals surface area contributed by atoms with Crippen molar-refractivity contribution in [2.24, 2.45) is 0 Å². The van der Waals surface area contributed by atoms with Gasteiger partial charge in [0.05, 0.1) is 0 Å². The van der Waals surface area contributed by atoms with Gasteiger partial charge in [0.25, 0.3) is 0 Å². The number of rotatable bonds is 4. The molecule has 0 radical (unpaired) electrons. The Labute approximate surface area is 88.9 Å². The molecule has 0 unspecified atom stereocenters. The van der Waals surface area contributed by atoms with Gasteiger partial charge in [0, 0.05) is 6.54 Å². The van der Waals surface area contributed by atoms with Gasteiger partial charge in [-0.15, -0.1) is 0 Å². The van der Waals surface area contributed by atoms with Crippen LogP contribution in [0.3, 0.4) is 0 Å². The van der Waals surface area contributed by atoms with Crippen LogP contribution in [0.5, 0.6) is 0 Å². The van der Waals surface area contributed by atoms with Gasteiger partial charge in [-0.05, 0) is 51.1 Å². The lowest BCUT2D eigenvalue weighted by molar-refractivity contribution is 0.325. The summed E-state index contributed by atoms with van der Waals surface area (Å²) in [5.41, 5.74) is 0. The van der Waals surface area contributed by atoms with Crippen molar-refractivity contribution in [1.82, 2.24) is 19.7 Å². The van der Waals surface area contributed by atoms with Crippen molar-refractivity contribution in [1.29, 1.82) is 0 Å². The second-order valence-corrected chi connectivity index (χ2v) is 4.14. The van der Waals surface area contributed by atoms with E-state index in [4.69, 9.17) is 12.2 Å². The number of hydrogen-bond donors (Lipinski definition) is 1. The summed E-state index contributed by atoms with van der Waals surface area (Å²) in [6.45, 7) is 4.71. The van der Waals surface area contributed by atoms with Gasteiger partial charge in [0.2, 0.25) is 0 Å². The molecule has 0 bridgehead atoms. The zero-order chi connectivity index (χ0) is 9.80. The van der Waals surface area contributed by atoms with E-state index in [-0.39, 0.29) is 0 Å². The number of aryl methyl sites for hydroxylation is 1. The quantitative estimate of drug-likeness (QED) is 0.767. The number of likely N-dealkylation sites (tertiary alicyclic amines) is 1. The SMILES string of the molecule is S=c1[nH]ncn1CCCN1CCCC1. The lowest BCUT2D eigenvalue weighted by Crippen LogP contribution is -2.21. The highest BCUT2D eigenvalue weighted by atomic mass is 32.1. The van der Waals surface area contributed by atoms with Gasteiger partial charge in [-0.2, -0.15) is 5.10 Å². The van der Waals surface area contributed by atoms with Crippen LogP contribution in [0.15, 0.2) is 6.33 Å². The lowest BCUT2D eigenvalue weighted by atomic mass is 10.4. The molecule has 1 fully saturated rings. The summed E-state index contributed by atoms with van der Waals surface area (Å²) in [6.07, 6.45) is 5.66. The van der Waals surface area contributed by atoms with Gasteiger partial charge in [-0.1, -0.05) is 0 Å². The molecule has 0 atom stereocenters. The largest absolute Gasteiger partial charge is 0.307 e. The Morgan fingerprint density at radius 2 is 2.14 bits per heavy atom. The van der Waals surface area contributed by atoms with Gasteiger partial charge < -0.3 is 9.47 Å². The van der Waals surface area contributed by atoms with Crippen LogP contribution >= 0.6 is 12.2 Å². The summed E-state index contributed by atoms with van der Waals surface area (Å²) in [5, 5.41) is 6.65. The van der Waals surface area contributed by atoms with Gasteiger partial charge in [0.1, 0.15) is 6.33 Å². The number of aromatic amines is 1. The fraction of sp³-hybridized carbons (Fsp3) is 0.778. The number of hydrogen-bond acceptors (Lipinski definition) is 3. The molecular weight excluding hydrogens is 196 g/mol. The standard InChI is InChI=1S/C9H16N4S/c14-9-11-10-8-13(9)7-3-6-12-4-1-2-5-12/h8H,1-7H2,(H,11,14). The molecule has 1 aliphatic rings. The fourth-order valence-electron chi connectivity index (χ4n) is 1.90. The number of nitrogens with one attached hydrogen (secondary N) is 1. The molecule has 78 valence electrons. The Hall–Kier alpha value is -0.680. The van der Waals surface area contributed by atoms with Crippen LogP contribution in [-0.4, -0.2) is 39.3 Å². The third-order valence-electron chi connectivity index (χ3n) is 2.69. The highest BCUT2D eigenvalue weighted by Crippen LogP contribution is 2.07. The molecule has 0 aromatic carbocycles. The zero-order valence-electron chi connectivity index (χ0n) is 8.28. The molecule has 0 spiro atoms. The van der Waals surface area contributed by atoms with Gasteiger partial charge >= 0.3 is 0 Å². The molecule has 1 aromatic heterocycles. The van der Waals surface area contributed by atoms with Crippen molar-refractivity contribution in [3.05, 3.63) is 11.1 Å². The molecule has 1 N–H and O–H groups in total. The predicted molar refractivity (Wildman–Crippen MR) is 57.7 cm³/mol. The first-order chi connectivity index (χ1) is 6.86. The van der Waals surface area contributed by atoms with E-state index >= 15 is 0 Å². The van der Waals surface area contributed by atoms with Crippen LogP contribution in [-0.2, 0) is 6.54 Å². The Kier molecular flexibility index (Phi) is 3.31. The molecule has 2 rings (SSSR count). The Bertz CT molecular complexity index is 324. The Morgan fingerprint density at radius 3 is 2.79 bits per heavy atom. The minimum absolute atomic E-state index is 0.728. The lowest BCUT2D eigenvalue weighted by Gasteiger charge is -2.13. The van der Waals surface area contributed by atoms with Crippen molar-refractivity contribution in [2.75, 3.05) is 19.6 Å². The zero-order valence-corrected chi connectivity index (χ0v) is 9.09. The number of H-pyrrole nitrogens is 1. The summed E-state index contributed by atoms with van der Waals surface area (Å²) >= 11 is 5.06. The van der Waals surface area contributed by atoms with E-state index in [2.05, 4.69) is 15.1 Å². The first-order valence-electron chi connectivity index (χ1n) is 5.18. The van der Waals surface area contributed by atoms with E-state index in [0.717, 1.165) is 17.7 Å². The van der Waals surface area contributed by atoms with E-state index in [0.29, 0.717) is 0 Å². The smallest absolute Gasteiger partial charge is 0.194 e. The Morgan fingerprint density at radius 1 is 1.36 bits per heavy atom. The van der Waals surface area contributed by atoms with Gasteiger partial charge in [-0.25, -0.2) is 0 Å². The molecule has 14 heavy (non-hydrogen) atoms. The average molecular weight is 212 g/mol. The summed E-state index contributed by atoms with van der Waals surface area (Å²) in [5.74, 6) is 0. The van der Waals surface area contributed by atoms with Crippen molar-refractivity contribution in [3.8, 4) is 0 Å². The van der Waals surface area contributed by atoms with Crippen LogP contribution < -0.4 is 0 Å². The van der Waals surface area contributed by atoms with E-state index in [9.17, 15) is 0 Å². The van der Waals surface area contributed by atoms with E-state index in [1.807, 2.05) is 4.57 Å². The van der Waals surface area contributed by atoms with Crippen LogP contribution in [0.1, 0.15) is 19.3 Å². The molecule has 1 saturated heterocycles. The molecule has 4 nitrogen and oxygen atoms in total. The maximum Gasteiger partial charge on any atom is 0.194 e. The third kappa shape index (κ3) is 2.42. The van der Waals surface area contributed by atoms with E-state index < -0.39 is 0 Å². The highest BCUT2D eigenvalue weighted by Gasteiger charge is 2.10. The molecule has 1 aromatic rings. The maximum atomic E-state index is 5.06. The van der Waals surface area contributed by atoms with Gasteiger partial charge in [0.15, 0.2) is 4.77 Å². The number of nitrogens with zero attached hydrogens (tertiary/aromatic N) is 3. The second kappa shape index (κ2) is 4.70. The van der Waals surface area contributed by atoms with Crippen molar-refractivity contribution < 1.29 is 0 Å². The minimum atomic E-state index is 0.728. The first-order valence-corrected chi connectivity index (χ1v) is 5.59. The first kappa shape index (κ1) is 9.86. The molecule has 0 aliphatic carbocycles. The van der Waals surface area contributed by atoms with Crippen molar-refractivity contribution in [3.63, 3.8) is 0 Å². The highest BCUT2D eigenvalue weighted by molar-refractivity contribution is 7.71. The molecule has 0 saturated carbocycles. The van der Waals surface area contributed by atoms with Crippen LogP contribution in [0.4, 0.5) is 0 Å². The maximum absolute atomic E-state index is 5.06. The van der Waals surface area contributed by atoms with Gasteiger partial charge in [-0.3, -0.25) is 5.10 Å². The molecule has 0 amide bonds. The van der Waals surface area contributed by atoms with Crippen LogP contribution in [0.25, 0.3) is 0 Å². The fourth-order valence-corrected chi connectivity index (χ4v) is 2.09. The van der Waals surface area contributed by atoms with Crippen molar-refractivity contribution >= 4 is 12.2 Å². The molecule has 1 aliphatic heterocycles. The average Bonchev–Trinajstić information content (AvgIpc) is 2.78. The second-order valence-electron chi connectivity index (χ2n) is 3.76. The monoisotopic (exact) mass is 212 g/mol.